The van der Waals surface area contributed by atoms with E-state index in [0.717, 1.165) is 5.56 Å². The van der Waals surface area contributed by atoms with Crippen molar-refractivity contribution in [2.75, 3.05) is 0 Å². The maximum absolute atomic E-state index is 10.8. The number of hydrogen-bond donors (Lipinski definition) is 0. The van der Waals surface area contributed by atoms with E-state index in [1.807, 2.05) is 13.8 Å². The van der Waals surface area contributed by atoms with Crippen LogP contribution in [0.2, 0.25) is 0 Å². The summed E-state index contributed by atoms with van der Waals surface area (Å²) >= 11 is 0. The van der Waals surface area contributed by atoms with Crippen LogP contribution in [0.3, 0.4) is 0 Å². The Morgan fingerprint density at radius 2 is 1.87 bits per heavy atom. The molecule has 0 saturated heterocycles. The number of allylic oxidation sites excluding steroid dienone is 1. The lowest BCUT2D eigenvalue weighted by Gasteiger charge is -1.81. The van der Waals surface area contributed by atoms with Gasteiger partial charge in [-0.1, -0.05) is 13.8 Å². The van der Waals surface area contributed by atoms with Crippen LogP contribution in [0.5, 0.6) is 0 Å². The van der Waals surface area contributed by atoms with Crippen LogP contribution in [0.15, 0.2) is 22.8 Å². The molecule has 1 rings (SSSR count). The van der Waals surface area contributed by atoms with Crippen molar-refractivity contribution >= 4 is 17.6 Å². The summed E-state index contributed by atoms with van der Waals surface area (Å²) in [6, 6.07) is 1.60. The lowest BCUT2D eigenvalue weighted by atomic mass is 10.2. The highest BCUT2D eigenvalue weighted by Crippen LogP contribution is 2.09. The summed E-state index contributed by atoms with van der Waals surface area (Å²) in [5.41, 5.74) is 0.723. The molecule has 0 bridgehead atoms. The van der Waals surface area contributed by atoms with Gasteiger partial charge in [0.1, 0.15) is 0 Å². The molecule has 0 aliphatic rings. The molecule has 15 heavy (non-hydrogen) atoms. The summed E-state index contributed by atoms with van der Waals surface area (Å²) in [4.78, 5) is 21.4. The van der Waals surface area contributed by atoms with Crippen molar-refractivity contribution in [1.82, 2.24) is 0 Å². The van der Waals surface area contributed by atoms with Crippen LogP contribution in [0, 0.1) is 0 Å². The molecule has 0 fully saturated rings. The average molecular weight is 208 g/mol. The van der Waals surface area contributed by atoms with Crippen LogP contribution in [-0.2, 0) is 4.79 Å². The van der Waals surface area contributed by atoms with Gasteiger partial charge >= 0.3 is 0 Å². The minimum Gasteiger partial charge on any atom is -0.461 e. The number of carbonyl (C=O) groups is 2. The number of hydrogen-bond acceptors (Lipinski definition) is 3. The van der Waals surface area contributed by atoms with Crippen LogP contribution in [0.4, 0.5) is 0 Å². The van der Waals surface area contributed by atoms with Gasteiger partial charge in [-0.2, -0.15) is 0 Å². The second-order valence-electron chi connectivity index (χ2n) is 2.74. The maximum Gasteiger partial charge on any atom is 0.194 e. The van der Waals surface area contributed by atoms with Gasteiger partial charge in [0.15, 0.2) is 17.3 Å². The number of rotatable bonds is 3. The van der Waals surface area contributed by atoms with Crippen molar-refractivity contribution in [3.8, 4) is 0 Å². The molecular formula is C12H16O3. The first kappa shape index (κ1) is 13.4. The predicted octanol–water partition coefficient (Wildman–Crippen LogP) is 3.11. The summed E-state index contributed by atoms with van der Waals surface area (Å²) in [5.74, 6) is 0.149. The molecule has 0 N–H and O–H groups in total. The van der Waals surface area contributed by atoms with Gasteiger partial charge in [-0.05, 0) is 25.1 Å². The fraction of sp³-hybridized carbons (Fsp3) is 0.333. The molecule has 1 aromatic heterocycles. The molecule has 0 aliphatic carbocycles. The third kappa shape index (κ3) is 4.96. The van der Waals surface area contributed by atoms with E-state index in [1.165, 1.54) is 26.2 Å². The fourth-order valence-electron chi connectivity index (χ4n) is 0.837. The minimum atomic E-state index is -0.123. The Kier molecular flexibility index (Phi) is 6.02. The number of ketones is 2. The predicted molar refractivity (Wildman–Crippen MR) is 59.8 cm³/mol. The summed E-state index contributed by atoms with van der Waals surface area (Å²) in [5, 5.41) is 0. The van der Waals surface area contributed by atoms with Gasteiger partial charge in [0.05, 0.1) is 6.26 Å². The van der Waals surface area contributed by atoms with Crippen molar-refractivity contribution in [1.29, 1.82) is 0 Å². The number of carbonyl (C=O) groups excluding carboxylic acids is 2. The SMILES string of the molecule is CC.CC(=O)/C=C/c1coc(C(C)=O)c1. The van der Waals surface area contributed by atoms with Crippen LogP contribution >= 0.6 is 0 Å². The third-order valence-corrected chi connectivity index (χ3v) is 1.48. The van der Waals surface area contributed by atoms with Crippen LogP contribution in [0.25, 0.3) is 6.08 Å². The fourth-order valence-corrected chi connectivity index (χ4v) is 0.837. The zero-order valence-corrected chi connectivity index (χ0v) is 9.53. The van der Waals surface area contributed by atoms with E-state index in [0.29, 0.717) is 5.76 Å². The topological polar surface area (TPSA) is 47.3 Å². The molecule has 0 unspecified atom stereocenters. The molecule has 0 amide bonds. The van der Waals surface area contributed by atoms with Gasteiger partial charge < -0.3 is 4.42 Å². The molecule has 3 heteroatoms. The standard InChI is InChI=1S/C10H10O3.C2H6/c1-7(11)3-4-9-5-10(8(2)12)13-6-9;1-2/h3-6H,1-2H3;1-2H3/b4-3+;. The van der Waals surface area contributed by atoms with Crippen molar-refractivity contribution < 1.29 is 14.0 Å². The second kappa shape index (κ2) is 6.76. The Bertz CT molecular complexity index is 359. The zero-order valence-electron chi connectivity index (χ0n) is 9.53. The molecule has 0 atom stereocenters. The van der Waals surface area contributed by atoms with E-state index >= 15 is 0 Å². The monoisotopic (exact) mass is 208 g/mol. The van der Waals surface area contributed by atoms with Crippen LogP contribution in [0.1, 0.15) is 43.8 Å². The first-order chi connectivity index (χ1) is 7.09. The Morgan fingerprint density at radius 1 is 1.27 bits per heavy atom. The quantitative estimate of drug-likeness (QED) is 0.566. The van der Waals surface area contributed by atoms with Crippen molar-refractivity contribution in [2.24, 2.45) is 0 Å². The third-order valence-electron chi connectivity index (χ3n) is 1.48. The lowest BCUT2D eigenvalue weighted by molar-refractivity contribution is -0.112. The highest BCUT2D eigenvalue weighted by Gasteiger charge is 2.03. The molecule has 0 spiro atoms. The van der Waals surface area contributed by atoms with E-state index in [-0.39, 0.29) is 11.6 Å². The molecule has 1 heterocycles. The Morgan fingerprint density at radius 3 is 2.27 bits per heavy atom. The minimum absolute atomic E-state index is 0.0365. The smallest absolute Gasteiger partial charge is 0.194 e. The molecule has 0 aliphatic heterocycles. The van der Waals surface area contributed by atoms with Gasteiger partial charge in [0, 0.05) is 12.5 Å². The molecule has 0 aromatic carbocycles. The van der Waals surface area contributed by atoms with E-state index in [2.05, 4.69) is 0 Å². The van der Waals surface area contributed by atoms with Gasteiger partial charge in [-0.3, -0.25) is 9.59 Å². The van der Waals surface area contributed by atoms with E-state index in [4.69, 9.17) is 4.42 Å². The lowest BCUT2D eigenvalue weighted by Crippen LogP contribution is -1.86. The van der Waals surface area contributed by atoms with E-state index < -0.39 is 0 Å². The Balaban J connectivity index is 0.000000921. The van der Waals surface area contributed by atoms with E-state index in [9.17, 15) is 9.59 Å². The van der Waals surface area contributed by atoms with Gasteiger partial charge in [0.25, 0.3) is 0 Å². The molecule has 0 saturated carbocycles. The second-order valence-corrected chi connectivity index (χ2v) is 2.74. The molecule has 1 aromatic rings. The highest BCUT2D eigenvalue weighted by molar-refractivity contribution is 5.93. The summed E-state index contributed by atoms with van der Waals surface area (Å²) in [6.07, 6.45) is 4.48. The van der Waals surface area contributed by atoms with Crippen LogP contribution in [-0.4, -0.2) is 11.6 Å². The summed E-state index contributed by atoms with van der Waals surface area (Å²) in [6.45, 7) is 6.89. The Hall–Kier alpha value is -1.64. The largest absolute Gasteiger partial charge is 0.461 e. The number of furan rings is 1. The number of Topliss-reactive ketones (excluding diaryl/α,β-unsaturated/α-hetero) is 1. The Labute approximate surface area is 89.8 Å². The van der Waals surface area contributed by atoms with E-state index in [1.54, 1.807) is 12.1 Å². The highest BCUT2D eigenvalue weighted by atomic mass is 16.3. The normalized spacial score (nSPS) is 9.60. The van der Waals surface area contributed by atoms with Gasteiger partial charge in [-0.25, -0.2) is 0 Å². The van der Waals surface area contributed by atoms with Gasteiger partial charge in [-0.15, -0.1) is 0 Å². The van der Waals surface area contributed by atoms with Gasteiger partial charge in [0.2, 0.25) is 0 Å². The average Bonchev–Trinajstić information content (AvgIpc) is 2.66. The van der Waals surface area contributed by atoms with Crippen molar-refractivity contribution in [3.05, 3.63) is 29.7 Å². The van der Waals surface area contributed by atoms with Crippen molar-refractivity contribution in [2.45, 2.75) is 27.7 Å². The maximum atomic E-state index is 10.8. The van der Waals surface area contributed by atoms with Crippen molar-refractivity contribution in [3.63, 3.8) is 0 Å². The van der Waals surface area contributed by atoms with Crippen LogP contribution < -0.4 is 0 Å². The summed E-state index contributed by atoms with van der Waals surface area (Å²) < 4.78 is 4.95. The first-order valence-corrected chi connectivity index (χ1v) is 4.87. The first-order valence-electron chi connectivity index (χ1n) is 4.87. The molecule has 82 valence electrons. The molecule has 3 nitrogen and oxygen atoms in total. The molecule has 0 radical (unpaired) electrons. The zero-order chi connectivity index (χ0) is 11.8. The summed E-state index contributed by atoms with van der Waals surface area (Å²) in [7, 11) is 0. The molecular weight excluding hydrogens is 192 g/mol.